The van der Waals surface area contributed by atoms with E-state index in [0.717, 1.165) is 28.0 Å². The first-order valence-corrected chi connectivity index (χ1v) is 9.88. The highest BCUT2D eigenvalue weighted by atomic mass is 32.1. The number of carbonyl (C=O) groups is 2. The van der Waals surface area contributed by atoms with Crippen molar-refractivity contribution in [3.63, 3.8) is 0 Å². The highest BCUT2D eigenvalue weighted by Gasteiger charge is 2.45. The minimum atomic E-state index is -1.48. The lowest BCUT2D eigenvalue weighted by Gasteiger charge is -2.22. The molecule has 2 heterocycles. The van der Waals surface area contributed by atoms with Gasteiger partial charge < -0.3 is 5.11 Å². The summed E-state index contributed by atoms with van der Waals surface area (Å²) in [6, 6.07) is 16.5. The maximum atomic E-state index is 13.6. The molecular weight excluding hydrogens is 384 g/mol. The molecule has 5 nitrogen and oxygen atoms in total. The van der Waals surface area contributed by atoms with Gasteiger partial charge in [-0.1, -0.05) is 60.2 Å². The lowest BCUT2D eigenvalue weighted by Crippen LogP contribution is -2.33. The number of rotatable bonds is 5. The van der Waals surface area contributed by atoms with Crippen LogP contribution in [0.3, 0.4) is 0 Å². The average Bonchev–Trinajstić information content (AvgIpc) is 3.34. The van der Waals surface area contributed by atoms with Crippen molar-refractivity contribution in [2.24, 2.45) is 4.99 Å². The first kappa shape index (κ1) is 19.0. The number of nitrogens with zero attached hydrogens (tertiary/aromatic N) is 2. The van der Waals surface area contributed by atoms with Gasteiger partial charge in [0.1, 0.15) is 15.6 Å². The van der Waals surface area contributed by atoms with E-state index in [4.69, 9.17) is 0 Å². The van der Waals surface area contributed by atoms with Crippen LogP contribution in [0.1, 0.15) is 38.2 Å². The lowest BCUT2D eigenvalue weighted by atomic mass is 9.85. The fourth-order valence-corrected chi connectivity index (χ4v) is 4.29. The second-order valence-electron chi connectivity index (χ2n) is 6.98. The Kier molecular flexibility index (Phi) is 4.72. The zero-order chi connectivity index (χ0) is 20.6. The van der Waals surface area contributed by atoms with Crippen molar-refractivity contribution in [1.82, 2.24) is 4.98 Å². The van der Waals surface area contributed by atoms with E-state index in [1.165, 1.54) is 0 Å². The van der Waals surface area contributed by atoms with Crippen LogP contribution in [0.15, 0.2) is 71.2 Å². The molecule has 0 aliphatic carbocycles. The summed E-state index contributed by atoms with van der Waals surface area (Å²) in [5.41, 5.74) is 1.76. The fraction of sp³-hybridized carbons (Fsp3) is 0.130. The van der Waals surface area contributed by atoms with Crippen LogP contribution in [0, 0.1) is 6.92 Å². The molecule has 2 aromatic carbocycles. The SMILES string of the molecule is CC1=CC(C(=O)c2ccc(C)cc2)(c2nc(-c3ccccc3)sc2C(=O)O)N=C1. The fourth-order valence-electron chi connectivity index (χ4n) is 3.32. The van der Waals surface area contributed by atoms with Gasteiger partial charge in [-0.2, -0.15) is 0 Å². The molecule has 0 amide bonds. The van der Waals surface area contributed by atoms with E-state index in [1.807, 2.05) is 56.3 Å². The molecule has 6 heteroatoms. The molecule has 29 heavy (non-hydrogen) atoms. The molecule has 1 aliphatic heterocycles. The second kappa shape index (κ2) is 7.22. The Bertz CT molecular complexity index is 1160. The van der Waals surface area contributed by atoms with Gasteiger partial charge in [-0.25, -0.2) is 9.78 Å². The van der Waals surface area contributed by atoms with Crippen molar-refractivity contribution < 1.29 is 14.7 Å². The topological polar surface area (TPSA) is 79.6 Å². The molecule has 1 unspecified atom stereocenters. The molecule has 3 aromatic rings. The second-order valence-corrected chi connectivity index (χ2v) is 7.98. The lowest BCUT2D eigenvalue weighted by molar-refractivity contribution is 0.0699. The summed E-state index contributed by atoms with van der Waals surface area (Å²) in [6.45, 7) is 3.77. The Morgan fingerprint density at radius 2 is 1.69 bits per heavy atom. The molecule has 4 rings (SSSR count). The third kappa shape index (κ3) is 3.32. The number of ketones is 1. The number of carboxylic acids is 1. The van der Waals surface area contributed by atoms with Gasteiger partial charge in [-0.05, 0) is 25.5 Å². The number of aliphatic imine (C=N–C) groups is 1. The number of benzene rings is 2. The monoisotopic (exact) mass is 402 g/mol. The number of aromatic nitrogens is 1. The van der Waals surface area contributed by atoms with Gasteiger partial charge in [0.15, 0.2) is 5.54 Å². The highest BCUT2D eigenvalue weighted by Crippen LogP contribution is 2.41. The number of carbonyl (C=O) groups excluding carboxylic acids is 1. The van der Waals surface area contributed by atoms with Crippen molar-refractivity contribution in [2.45, 2.75) is 19.4 Å². The number of aryl methyl sites for hydroxylation is 1. The first-order chi connectivity index (χ1) is 13.9. The largest absolute Gasteiger partial charge is 0.477 e. The van der Waals surface area contributed by atoms with Gasteiger partial charge in [-0.3, -0.25) is 9.79 Å². The Labute approximate surface area is 172 Å². The quantitative estimate of drug-likeness (QED) is 0.614. The summed E-state index contributed by atoms with van der Waals surface area (Å²) in [7, 11) is 0. The normalized spacial score (nSPS) is 17.9. The number of hydrogen-bond acceptors (Lipinski definition) is 5. The predicted molar refractivity (Wildman–Crippen MR) is 114 cm³/mol. The van der Waals surface area contributed by atoms with Crippen molar-refractivity contribution in [2.75, 3.05) is 0 Å². The molecule has 144 valence electrons. The number of thiazole rings is 1. The highest BCUT2D eigenvalue weighted by molar-refractivity contribution is 7.17. The van der Waals surface area contributed by atoms with E-state index >= 15 is 0 Å². The number of carboxylic acid groups (broad SMARTS) is 1. The molecule has 1 atom stereocenters. The van der Waals surface area contributed by atoms with Gasteiger partial charge in [-0.15, -0.1) is 11.3 Å². The van der Waals surface area contributed by atoms with Crippen LogP contribution < -0.4 is 0 Å². The van der Waals surface area contributed by atoms with Crippen LogP contribution in [0.5, 0.6) is 0 Å². The Balaban J connectivity index is 1.92. The van der Waals surface area contributed by atoms with Gasteiger partial charge >= 0.3 is 5.97 Å². The van der Waals surface area contributed by atoms with E-state index < -0.39 is 11.5 Å². The van der Waals surface area contributed by atoms with Crippen molar-refractivity contribution in [3.8, 4) is 10.6 Å². The van der Waals surface area contributed by atoms with E-state index in [2.05, 4.69) is 9.98 Å². The van der Waals surface area contributed by atoms with Crippen molar-refractivity contribution in [1.29, 1.82) is 0 Å². The Morgan fingerprint density at radius 1 is 1.00 bits per heavy atom. The summed E-state index contributed by atoms with van der Waals surface area (Å²) >= 11 is 1.06. The number of hydrogen-bond donors (Lipinski definition) is 1. The molecule has 0 saturated heterocycles. The van der Waals surface area contributed by atoms with Crippen LogP contribution in [-0.2, 0) is 5.54 Å². The molecule has 1 aliphatic rings. The van der Waals surface area contributed by atoms with Gasteiger partial charge in [0.25, 0.3) is 0 Å². The summed E-state index contributed by atoms with van der Waals surface area (Å²) in [6.07, 6.45) is 3.30. The van der Waals surface area contributed by atoms with E-state index in [-0.39, 0.29) is 16.4 Å². The zero-order valence-electron chi connectivity index (χ0n) is 15.9. The van der Waals surface area contributed by atoms with Crippen LogP contribution in [0.25, 0.3) is 10.6 Å². The summed E-state index contributed by atoms with van der Waals surface area (Å²) < 4.78 is 0. The number of aromatic carboxylic acids is 1. The van der Waals surface area contributed by atoms with E-state index in [1.54, 1.807) is 24.4 Å². The summed E-state index contributed by atoms with van der Waals surface area (Å²) in [4.78, 5) is 34.7. The molecule has 1 aromatic heterocycles. The third-order valence-electron chi connectivity index (χ3n) is 4.77. The Morgan fingerprint density at radius 3 is 2.28 bits per heavy atom. The predicted octanol–water partition coefficient (Wildman–Crippen LogP) is 4.93. The maximum absolute atomic E-state index is 13.6. The molecular formula is C23H18N2O3S. The van der Waals surface area contributed by atoms with Gasteiger partial charge in [0.2, 0.25) is 5.78 Å². The van der Waals surface area contributed by atoms with Gasteiger partial charge in [0.05, 0.1) is 0 Å². The van der Waals surface area contributed by atoms with E-state index in [9.17, 15) is 14.7 Å². The summed E-state index contributed by atoms with van der Waals surface area (Å²) in [5.74, 6) is -1.41. The van der Waals surface area contributed by atoms with E-state index in [0.29, 0.717) is 10.6 Å². The van der Waals surface area contributed by atoms with Crippen LogP contribution >= 0.6 is 11.3 Å². The van der Waals surface area contributed by atoms with Crippen molar-refractivity contribution >= 4 is 29.3 Å². The number of Topliss-reactive ketones (excluding diaryl/α,β-unsaturated/α-hetero) is 1. The summed E-state index contributed by atoms with van der Waals surface area (Å²) in [5, 5.41) is 10.4. The maximum Gasteiger partial charge on any atom is 0.347 e. The first-order valence-electron chi connectivity index (χ1n) is 9.07. The molecule has 0 spiro atoms. The standard InChI is InChI=1S/C23H18N2O3S/c1-14-8-10-16(11-9-14)20(26)23(12-15(2)13-24-23)19-18(22(27)28)29-21(25-19)17-6-4-3-5-7-17/h3-13H,1-2H3,(H,27,28). The average molecular weight is 402 g/mol. The molecule has 0 saturated carbocycles. The van der Waals surface area contributed by atoms with Crippen LogP contribution in [-0.4, -0.2) is 28.1 Å². The van der Waals surface area contributed by atoms with Crippen LogP contribution in [0.4, 0.5) is 0 Å². The molecule has 0 bridgehead atoms. The number of allylic oxidation sites excluding steroid dienone is 1. The molecule has 0 radical (unpaired) electrons. The van der Waals surface area contributed by atoms with Crippen LogP contribution in [0.2, 0.25) is 0 Å². The minimum absolute atomic E-state index is 0.0208. The van der Waals surface area contributed by atoms with Crippen molar-refractivity contribution in [3.05, 3.63) is 87.9 Å². The smallest absolute Gasteiger partial charge is 0.347 e. The third-order valence-corrected chi connectivity index (χ3v) is 5.86. The minimum Gasteiger partial charge on any atom is -0.477 e. The Hall–Kier alpha value is -3.38. The zero-order valence-corrected chi connectivity index (χ0v) is 16.7. The molecule has 0 fully saturated rings. The van der Waals surface area contributed by atoms with Gasteiger partial charge in [0, 0.05) is 17.3 Å². The molecule has 1 N–H and O–H groups in total.